The molecule has 0 saturated heterocycles. The molecule has 1 aliphatic carbocycles. The summed E-state index contributed by atoms with van der Waals surface area (Å²) in [6.07, 6.45) is 9.20. The molecule has 0 radical (unpaired) electrons. The van der Waals surface area contributed by atoms with Crippen LogP contribution in [0, 0.1) is 5.92 Å². The number of hydrogen-bond acceptors (Lipinski definition) is 2. The summed E-state index contributed by atoms with van der Waals surface area (Å²) in [4.78, 5) is 3.28. The number of rotatable bonds is 7. The van der Waals surface area contributed by atoms with E-state index in [0.717, 1.165) is 12.5 Å². The second-order valence-corrected chi connectivity index (χ2v) is 6.98. The molecule has 1 heterocycles. The fraction of sp³-hybridized carbons (Fsp3) is 0.765. The lowest BCUT2D eigenvalue weighted by molar-refractivity contribution is 0.346. The lowest BCUT2D eigenvalue weighted by Gasteiger charge is -2.25. The van der Waals surface area contributed by atoms with Gasteiger partial charge in [-0.15, -0.1) is 11.3 Å². The summed E-state index contributed by atoms with van der Waals surface area (Å²) in [6, 6.07) is 3.11. The maximum Gasteiger partial charge on any atom is 0.0443 e. The Morgan fingerprint density at radius 2 is 1.89 bits per heavy atom. The maximum absolute atomic E-state index is 3.81. The molecule has 0 bridgehead atoms. The van der Waals surface area contributed by atoms with Crippen molar-refractivity contribution in [3.05, 3.63) is 21.4 Å². The zero-order chi connectivity index (χ0) is 13.7. The quantitative estimate of drug-likeness (QED) is 0.732. The summed E-state index contributed by atoms with van der Waals surface area (Å²) in [7, 11) is 0. The minimum absolute atomic E-state index is 0.588. The Morgan fingerprint density at radius 1 is 1.16 bits per heavy atom. The number of nitrogens with one attached hydrogen (secondary N) is 1. The summed E-state index contributed by atoms with van der Waals surface area (Å²) >= 11 is 2.09. The van der Waals surface area contributed by atoms with Crippen molar-refractivity contribution in [2.24, 2.45) is 5.92 Å². The monoisotopic (exact) mass is 279 g/mol. The van der Waals surface area contributed by atoms with Gasteiger partial charge in [0.2, 0.25) is 0 Å². The molecule has 0 amide bonds. The van der Waals surface area contributed by atoms with Gasteiger partial charge in [0.05, 0.1) is 0 Å². The molecular formula is C17H29NS. The van der Waals surface area contributed by atoms with Crippen LogP contribution in [0.3, 0.4) is 0 Å². The number of hydrogen-bond donors (Lipinski definition) is 1. The van der Waals surface area contributed by atoms with E-state index in [2.05, 4.69) is 43.5 Å². The van der Waals surface area contributed by atoms with Gasteiger partial charge < -0.3 is 5.32 Å². The number of aryl methyl sites for hydroxylation is 2. The van der Waals surface area contributed by atoms with Crippen molar-refractivity contribution >= 4 is 11.3 Å². The maximum atomic E-state index is 3.81. The van der Waals surface area contributed by atoms with E-state index in [0.29, 0.717) is 6.04 Å². The predicted octanol–water partition coefficient (Wildman–Crippen LogP) is 5.10. The van der Waals surface area contributed by atoms with Crippen LogP contribution in [0.2, 0.25) is 0 Å². The zero-order valence-electron chi connectivity index (χ0n) is 12.8. The van der Waals surface area contributed by atoms with E-state index < -0.39 is 0 Å². The van der Waals surface area contributed by atoms with Crippen LogP contribution in [-0.4, -0.2) is 6.54 Å². The second kappa shape index (κ2) is 7.44. The number of fused-ring (bicyclic) bond motifs is 1. The Kier molecular flexibility index (Phi) is 5.90. The first-order chi connectivity index (χ1) is 9.30. The molecule has 108 valence electrons. The molecule has 1 N–H and O–H groups in total. The summed E-state index contributed by atoms with van der Waals surface area (Å²) in [6.45, 7) is 8.07. The van der Waals surface area contributed by atoms with Crippen molar-refractivity contribution in [1.82, 2.24) is 5.32 Å². The van der Waals surface area contributed by atoms with E-state index in [9.17, 15) is 0 Å². The Hall–Kier alpha value is -0.340. The van der Waals surface area contributed by atoms with Gasteiger partial charge in [0.25, 0.3) is 0 Å². The van der Waals surface area contributed by atoms with Gasteiger partial charge in [-0.05, 0) is 56.2 Å². The number of thiophene rings is 1. The van der Waals surface area contributed by atoms with Crippen molar-refractivity contribution in [3.8, 4) is 0 Å². The van der Waals surface area contributed by atoms with Crippen LogP contribution in [0.15, 0.2) is 6.07 Å². The molecule has 0 aromatic carbocycles. The smallest absolute Gasteiger partial charge is 0.0443 e. The van der Waals surface area contributed by atoms with E-state index >= 15 is 0 Å². The van der Waals surface area contributed by atoms with Gasteiger partial charge in [-0.3, -0.25) is 0 Å². The standard InChI is InChI=1S/C17H29NS/c1-4-11-18-17(13(5-2)6-3)16-12-14-9-7-8-10-15(14)19-16/h12-13,17-18H,4-11H2,1-3H3. The van der Waals surface area contributed by atoms with Crippen molar-refractivity contribution in [2.45, 2.75) is 71.8 Å². The van der Waals surface area contributed by atoms with Gasteiger partial charge in [0.15, 0.2) is 0 Å². The molecule has 1 aliphatic rings. The Morgan fingerprint density at radius 3 is 2.53 bits per heavy atom. The summed E-state index contributed by atoms with van der Waals surface area (Å²) in [5, 5.41) is 3.81. The van der Waals surface area contributed by atoms with E-state index in [1.165, 1.54) is 44.9 Å². The normalized spacial score (nSPS) is 16.6. The van der Waals surface area contributed by atoms with Crippen LogP contribution in [0.1, 0.15) is 74.2 Å². The first kappa shape index (κ1) is 15.1. The molecule has 0 aliphatic heterocycles. The van der Waals surface area contributed by atoms with Crippen molar-refractivity contribution in [2.75, 3.05) is 6.54 Å². The van der Waals surface area contributed by atoms with Crippen LogP contribution < -0.4 is 5.32 Å². The highest BCUT2D eigenvalue weighted by molar-refractivity contribution is 7.12. The Bertz CT molecular complexity index is 355. The largest absolute Gasteiger partial charge is 0.309 e. The highest BCUT2D eigenvalue weighted by Gasteiger charge is 2.23. The van der Waals surface area contributed by atoms with Gasteiger partial charge in [0.1, 0.15) is 0 Å². The first-order valence-electron chi connectivity index (χ1n) is 8.14. The van der Waals surface area contributed by atoms with Crippen LogP contribution in [0.5, 0.6) is 0 Å². The Labute approximate surface area is 122 Å². The highest BCUT2D eigenvalue weighted by Crippen LogP contribution is 2.37. The van der Waals surface area contributed by atoms with E-state index in [1.54, 1.807) is 15.3 Å². The third-order valence-electron chi connectivity index (χ3n) is 4.46. The van der Waals surface area contributed by atoms with Crippen LogP contribution in [0.4, 0.5) is 0 Å². The summed E-state index contributed by atoms with van der Waals surface area (Å²) in [5.41, 5.74) is 1.65. The second-order valence-electron chi connectivity index (χ2n) is 5.81. The van der Waals surface area contributed by atoms with E-state index in [-0.39, 0.29) is 0 Å². The molecule has 1 atom stereocenters. The molecule has 0 fully saturated rings. The summed E-state index contributed by atoms with van der Waals surface area (Å²) in [5.74, 6) is 0.784. The zero-order valence-corrected chi connectivity index (χ0v) is 13.6. The predicted molar refractivity (Wildman–Crippen MR) is 86.1 cm³/mol. The van der Waals surface area contributed by atoms with Gasteiger partial charge in [-0.1, -0.05) is 33.6 Å². The molecule has 1 nitrogen and oxygen atoms in total. The van der Waals surface area contributed by atoms with Gasteiger partial charge in [-0.2, -0.15) is 0 Å². The molecule has 1 aromatic rings. The SMILES string of the molecule is CCCNC(c1cc2c(s1)CCCC2)C(CC)CC. The lowest BCUT2D eigenvalue weighted by Crippen LogP contribution is -2.27. The fourth-order valence-electron chi connectivity index (χ4n) is 3.23. The van der Waals surface area contributed by atoms with Gasteiger partial charge in [0, 0.05) is 15.8 Å². The molecule has 19 heavy (non-hydrogen) atoms. The summed E-state index contributed by atoms with van der Waals surface area (Å²) < 4.78 is 0. The minimum Gasteiger partial charge on any atom is -0.309 e. The average molecular weight is 279 g/mol. The molecular weight excluding hydrogens is 250 g/mol. The Balaban J connectivity index is 2.18. The van der Waals surface area contributed by atoms with Crippen LogP contribution >= 0.6 is 11.3 Å². The van der Waals surface area contributed by atoms with Crippen molar-refractivity contribution in [1.29, 1.82) is 0 Å². The van der Waals surface area contributed by atoms with E-state index in [4.69, 9.17) is 0 Å². The van der Waals surface area contributed by atoms with Crippen LogP contribution in [0.25, 0.3) is 0 Å². The topological polar surface area (TPSA) is 12.0 Å². The third-order valence-corrected chi connectivity index (χ3v) is 5.78. The molecule has 0 saturated carbocycles. The average Bonchev–Trinajstić information content (AvgIpc) is 2.87. The third kappa shape index (κ3) is 3.61. The molecule has 1 aromatic heterocycles. The van der Waals surface area contributed by atoms with Gasteiger partial charge in [-0.25, -0.2) is 0 Å². The molecule has 0 spiro atoms. The molecule has 1 unspecified atom stereocenters. The highest BCUT2D eigenvalue weighted by atomic mass is 32.1. The van der Waals surface area contributed by atoms with Crippen LogP contribution in [-0.2, 0) is 12.8 Å². The lowest BCUT2D eigenvalue weighted by atomic mass is 9.91. The molecule has 2 heteroatoms. The minimum atomic E-state index is 0.588. The first-order valence-corrected chi connectivity index (χ1v) is 8.96. The van der Waals surface area contributed by atoms with E-state index in [1.807, 2.05) is 0 Å². The fourth-order valence-corrected chi connectivity index (χ4v) is 4.65. The van der Waals surface area contributed by atoms with Gasteiger partial charge >= 0.3 is 0 Å². The van der Waals surface area contributed by atoms with Crippen molar-refractivity contribution in [3.63, 3.8) is 0 Å². The molecule has 2 rings (SSSR count). The van der Waals surface area contributed by atoms with Crippen molar-refractivity contribution < 1.29 is 0 Å².